The Hall–Kier alpha value is -1.75. The Morgan fingerprint density at radius 2 is 2.00 bits per heavy atom. The van der Waals surface area contributed by atoms with Crippen LogP contribution in [0.4, 0.5) is 0 Å². The van der Waals surface area contributed by atoms with Gasteiger partial charge in [0, 0.05) is 10.6 Å². The Labute approximate surface area is 103 Å². The van der Waals surface area contributed by atoms with Crippen LogP contribution in [-0.2, 0) is 4.79 Å². The fourth-order valence-electron chi connectivity index (χ4n) is 1.27. The van der Waals surface area contributed by atoms with E-state index in [9.17, 15) is 4.79 Å². The SMILES string of the molecule is CC(=O)C(C)n1nnc(-c2ccc(Cl)cc2)n1. The Bertz CT molecular complexity index is 535. The second-order valence-electron chi connectivity index (χ2n) is 3.73. The van der Waals surface area contributed by atoms with Crippen LogP contribution < -0.4 is 0 Å². The van der Waals surface area contributed by atoms with Crippen LogP contribution in [0.15, 0.2) is 24.3 Å². The molecule has 6 heteroatoms. The highest BCUT2D eigenvalue weighted by molar-refractivity contribution is 6.30. The van der Waals surface area contributed by atoms with Gasteiger partial charge < -0.3 is 0 Å². The summed E-state index contributed by atoms with van der Waals surface area (Å²) in [6.45, 7) is 3.23. The lowest BCUT2D eigenvalue weighted by atomic mass is 10.2. The second kappa shape index (κ2) is 4.63. The zero-order valence-electron chi connectivity index (χ0n) is 9.46. The molecule has 1 heterocycles. The van der Waals surface area contributed by atoms with E-state index in [1.807, 2.05) is 12.1 Å². The summed E-state index contributed by atoms with van der Waals surface area (Å²) < 4.78 is 0. The smallest absolute Gasteiger partial charge is 0.204 e. The number of tetrazole rings is 1. The fraction of sp³-hybridized carbons (Fsp3) is 0.273. The molecule has 0 fully saturated rings. The topological polar surface area (TPSA) is 60.7 Å². The first-order valence-corrected chi connectivity index (χ1v) is 5.51. The van der Waals surface area contributed by atoms with Crippen molar-refractivity contribution in [3.8, 4) is 11.4 Å². The molecule has 0 spiro atoms. The lowest BCUT2D eigenvalue weighted by Gasteiger charge is -2.03. The zero-order valence-corrected chi connectivity index (χ0v) is 10.2. The first-order valence-electron chi connectivity index (χ1n) is 5.14. The third-order valence-electron chi connectivity index (χ3n) is 2.47. The second-order valence-corrected chi connectivity index (χ2v) is 4.16. The number of hydrogen-bond acceptors (Lipinski definition) is 4. The standard InChI is InChI=1S/C11H11ClN4O/c1-7(8(2)17)16-14-11(13-15-16)9-3-5-10(12)6-4-9/h3-7H,1-2H3. The van der Waals surface area contributed by atoms with Crippen molar-refractivity contribution < 1.29 is 4.79 Å². The summed E-state index contributed by atoms with van der Waals surface area (Å²) >= 11 is 5.79. The number of benzene rings is 1. The minimum absolute atomic E-state index is 0.00921. The molecular weight excluding hydrogens is 240 g/mol. The molecule has 1 unspecified atom stereocenters. The molecule has 5 nitrogen and oxygen atoms in total. The number of carbonyl (C=O) groups is 1. The summed E-state index contributed by atoms with van der Waals surface area (Å²) in [5.74, 6) is 0.472. The molecule has 0 saturated heterocycles. The fourth-order valence-corrected chi connectivity index (χ4v) is 1.39. The van der Waals surface area contributed by atoms with Crippen LogP contribution >= 0.6 is 11.6 Å². The zero-order chi connectivity index (χ0) is 12.4. The Morgan fingerprint density at radius 1 is 1.35 bits per heavy atom. The van der Waals surface area contributed by atoms with Crippen molar-refractivity contribution >= 4 is 17.4 Å². The Balaban J connectivity index is 2.29. The molecule has 2 rings (SSSR count). The Kier molecular flexibility index (Phi) is 3.19. The normalized spacial score (nSPS) is 12.4. The molecule has 0 amide bonds. The van der Waals surface area contributed by atoms with Gasteiger partial charge in [-0.3, -0.25) is 4.79 Å². The van der Waals surface area contributed by atoms with Crippen LogP contribution in [0, 0.1) is 0 Å². The highest BCUT2D eigenvalue weighted by Gasteiger charge is 2.14. The molecule has 0 aliphatic carbocycles. The molecule has 1 aromatic heterocycles. The van der Waals surface area contributed by atoms with Gasteiger partial charge in [-0.1, -0.05) is 11.6 Å². The van der Waals surface area contributed by atoms with Crippen LogP contribution in [-0.4, -0.2) is 26.0 Å². The van der Waals surface area contributed by atoms with E-state index in [2.05, 4.69) is 15.4 Å². The first-order chi connectivity index (χ1) is 8.08. The predicted molar refractivity (Wildman–Crippen MR) is 63.7 cm³/mol. The van der Waals surface area contributed by atoms with Gasteiger partial charge in [-0.05, 0) is 43.3 Å². The maximum absolute atomic E-state index is 11.2. The lowest BCUT2D eigenvalue weighted by molar-refractivity contribution is -0.120. The Morgan fingerprint density at radius 3 is 2.59 bits per heavy atom. The molecule has 0 saturated carbocycles. The molecular formula is C11H11ClN4O. The summed E-state index contributed by atoms with van der Waals surface area (Å²) in [7, 11) is 0. The van der Waals surface area contributed by atoms with Crippen molar-refractivity contribution in [2.75, 3.05) is 0 Å². The van der Waals surface area contributed by atoms with Gasteiger partial charge in [-0.15, -0.1) is 10.2 Å². The van der Waals surface area contributed by atoms with E-state index in [1.54, 1.807) is 19.1 Å². The summed E-state index contributed by atoms with van der Waals surface area (Å²) in [5, 5.41) is 12.6. The largest absolute Gasteiger partial charge is 0.298 e. The summed E-state index contributed by atoms with van der Waals surface area (Å²) in [6.07, 6.45) is 0. The summed E-state index contributed by atoms with van der Waals surface area (Å²) in [6, 6.07) is 6.73. The van der Waals surface area contributed by atoms with Gasteiger partial charge in [0.1, 0.15) is 6.04 Å². The van der Waals surface area contributed by atoms with Crippen molar-refractivity contribution in [2.24, 2.45) is 0 Å². The molecule has 2 aromatic rings. The van der Waals surface area contributed by atoms with Crippen molar-refractivity contribution in [3.05, 3.63) is 29.3 Å². The minimum atomic E-state index is -0.399. The maximum Gasteiger partial charge on any atom is 0.204 e. The van der Waals surface area contributed by atoms with Gasteiger partial charge >= 0.3 is 0 Å². The molecule has 17 heavy (non-hydrogen) atoms. The van der Waals surface area contributed by atoms with Gasteiger partial charge in [0.25, 0.3) is 0 Å². The van der Waals surface area contributed by atoms with Gasteiger partial charge in [-0.2, -0.15) is 4.80 Å². The highest BCUT2D eigenvalue weighted by atomic mass is 35.5. The molecule has 1 aromatic carbocycles. The van der Waals surface area contributed by atoms with Gasteiger partial charge in [0.2, 0.25) is 5.82 Å². The molecule has 0 bridgehead atoms. The van der Waals surface area contributed by atoms with E-state index in [0.717, 1.165) is 5.56 Å². The number of hydrogen-bond donors (Lipinski definition) is 0. The van der Waals surface area contributed by atoms with E-state index in [4.69, 9.17) is 11.6 Å². The molecule has 0 aliphatic heterocycles. The van der Waals surface area contributed by atoms with Crippen LogP contribution in [0.25, 0.3) is 11.4 Å². The number of Topliss-reactive ketones (excluding diaryl/α,β-unsaturated/α-hetero) is 1. The average molecular weight is 251 g/mol. The summed E-state index contributed by atoms with van der Waals surface area (Å²) in [4.78, 5) is 12.5. The minimum Gasteiger partial charge on any atom is -0.298 e. The third-order valence-corrected chi connectivity index (χ3v) is 2.72. The van der Waals surface area contributed by atoms with E-state index < -0.39 is 6.04 Å². The monoisotopic (exact) mass is 250 g/mol. The van der Waals surface area contributed by atoms with Crippen molar-refractivity contribution in [1.29, 1.82) is 0 Å². The van der Waals surface area contributed by atoms with Gasteiger partial charge in [-0.25, -0.2) is 0 Å². The average Bonchev–Trinajstić information content (AvgIpc) is 2.78. The lowest BCUT2D eigenvalue weighted by Crippen LogP contribution is -2.16. The third kappa shape index (κ3) is 2.50. The molecule has 88 valence electrons. The molecule has 1 atom stereocenters. The quantitative estimate of drug-likeness (QED) is 0.837. The van der Waals surface area contributed by atoms with Crippen LogP contribution in [0.5, 0.6) is 0 Å². The number of carbonyl (C=O) groups excluding carboxylic acids is 1. The number of ketones is 1. The van der Waals surface area contributed by atoms with Crippen molar-refractivity contribution in [3.63, 3.8) is 0 Å². The first kappa shape index (κ1) is 11.7. The van der Waals surface area contributed by atoms with Gasteiger partial charge in [0.05, 0.1) is 0 Å². The number of nitrogens with zero attached hydrogens (tertiary/aromatic N) is 4. The van der Waals surface area contributed by atoms with E-state index in [1.165, 1.54) is 11.7 Å². The van der Waals surface area contributed by atoms with Gasteiger partial charge in [0.15, 0.2) is 5.78 Å². The van der Waals surface area contributed by atoms with Crippen LogP contribution in [0.3, 0.4) is 0 Å². The van der Waals surface area contributed by atoms with E-state index in [-0.39, 0.29) is 5.78 Å². The molecule has 0 aliphatic rings. The van der Waals surface area contributed by atoms with E-state index >= 15 is 0 Å². The molecule has 0 N–H and O–H groups in total. The maximum atomic E-state index is 11.2. The van der Waals surface area contributed by atoms with Crippen LogP contribution in [0.2, 0.25) is 5.02 Å². The predicted octanol–water partition coefficient (Wildman–Crippen LogP) is 2.14. The van der Waals surface area contributed by atoms with E-state index in [0.29, 0.717) is 10.8 Å². The summed E-state index contributed by atoms with van der Waals surface area (Å²) in [5.41, 5.74) is 0.816. The van der Waals surface area contributed by atoms with Crippen LogP contribution in [0.1, 0.15) is 19.9 Å². The molecule has 0 radical (unpaired) electrons. The van der Waals surface area contributed by atoms with Crippen molar-refractivity contribution in [1.82, 2.24) is 20.2 Å². The van der Waals surface area contributed by atoms with Crippen molar-refractivity contribution in [2.45, 2.75) is 19.9 Å². The highest BCUT2D eigenvalue weighted by Crippen LogP contribution is 2.17. The number of rotatable bonds is 3. The number of halogens is 1. The number of aromatic nitrogens is 4.